The molecule has 0 aromatic heterocycles. The Labute approximate surface area is 111 Å². The molecule has 1 aliphatic heterocycles. The zero-order valence-corrected chi connectivity index (χ0v) is 11.8. The molecule has 1 heterocycles. The summed E-state index contributed by atoms with van der Waals surface area (Å²) in [5.74, 6) is 0. The molecule has 0 saturated carbocycles. The Morgan fingerprint density at radius 1 is 1.22 bits per heavy atom. The Kier molecular flexibility index (Phi) is 4.79. The van der Waals surface area contributed by atoms with Crippen LogP contribution >= 0.6 is 0 Å². The van der Waals surface area contributed by atoms with Crippen molar-refractivity contribution in [3.05, 3.63) is 34.9 Å². The van der Waals surface area contributed by atoms with Gasteiger partial charge in [-0.3, -0.25) is 4.90 Å². The van der Waals surface area contributed by atoms with Crippen LogP contribution < -0.4 is 5.73 Å². The van der Waals surface area contributed by atoms with Crippen LogP contribution in [0.4, 0.5) is 0 Å². The average Bonchev–Trinajstić information content (AvgIpc) is 2.72. The maximum Gasteiger partial charge on any atom is 0.0236 e. The quantitative estimate of drug-likeness (QED) is 0.865. The lowest BCUT2D eigenvalue weighted by atomic mass is 10.1. The van der Waals surface area contributed by atoms with Gasteiger partial charge in [-0.15, -0.1) is 0 Å². The highest BCUT2D eigenvalue weighted by atomic mass is 15.2. The number of likely N-dealkylation sites (tertiary alicyclic amines) is 1. The second-order valence-electron chi connectivity index (χ2n) is 5.69. The third-order valence-electron chi connectivity index (χ3n) is 3.91. The van der Waals surface area contributed by atoms with E-state index in [2.05, 4.69) is 36.9 Å². The van der Waals surface area contributed by atoms with Gasteiger partial charge in [0.05, 0.1) is 0 Å². The number of hydrogen-bond acceptors (Lipinski definition) is 2. The van der Waals surface area contributed by atoms with E-state index in [-0.39, 0.29) is 0 Å². The first kappa shape index (κ1) is 13.6. The molecule has 100 valence electrons. The summed E-state index contributed by atoms with van der Waals surface area (Å²) in [4.78, 5) is 2.64. The van der Waals surface area contributed by atoms with E-state index in [1.165, 1.54) is 42.5 Å². The molecule has 2 rings (SSSR count). The summed E-state index contributed by atoms with van der Waals surface area (Å²) < 4.78 is 0. The fraction of sp³-hybridized carbons (Fsp3) is 0.625. The van der Waals surface area contributed by atoms with Crippen LogP contribution in [0, 0.1) is 13.8 Å². The van der Waals surface area contributed by atoms with Crippen molar-refractivity contribution in [3.63, 3.8) is 0 Å². The van der Waals surface area contributed by atoms with Crippen LogP contribution in [-0.2, 0) is 6.54 Å². The van der Waals surface area contributed by atoms with E-state index in [4.69, 9.17) is 5.73 Å². The predicted molar refractivity (Wildman–Crippen MR) is 77.6 cm³/mol. The van der Waals surface area contributed by atoms with Crippen LogP contribution in [0.2, 0.25) is 0 Å². The largest absolute Gasteiger partial charge is 0.330 e. The molecule has 2 heteroatoms. The number of rotatable bonds is 5. The predicted octanol–water partition coefficient (Wildman–Crippen LogP) is 3.01. The van der Waals surface area contributed by atoms with E-state index in [9.17, 15) is 0 Å². The van der Waals surface area contributed by atoms with Gasteiger partial charge in [0.2, 0.25) is 0 Å². The van der Waals surface area contributed by atoms with Crippen LogP contribution in [0.5, 0.6) is 0 Å². The van der Waals surface area contributed by atoms with Crippen LogP contribution in [0.15, 0.2) is 18.2 Å². The van der Waals surface area contributed by atoms with Crippen molar-refractivity contribution in [3.8, 4) is 0 Å². The van der Waals surface area contributed by atoms with Crippen molar-refractivity contribution >= 4 is 0 Å². The summed E-state index contributed by atoms with van der Waals surface area (Å²) in [5, 5.41) is 0. The minimum absolute atomic E-state index is 0.759. The number of benzene rings is 1. The maximum atomic E-state index is 5.63. The van der Waals surface area contributed by atoms with Crippen molar-refractivity contribution in [2.75, 3.05) is 13.1 Å². The standard InChI is InChI=1S/C16H26N2/c1-13-9-14(2)11-15(10-13)12-18-8-4-6-16(18)5-3-7-17/h9-11,16H,3-8,12,17H2,1-2H3. The molecule has 18 heavy (non-hydrogen) atoms. The zero-order valence-electron chi connectivity index (χ0n) is 11.8. The second-order valence-corrected chi connectivity index (χ2v) is 5.69. The van der Waals surface area contributed by atoms with E-state index in [0.717, 1.165) is 25.6 Å². The Morgan fingerprint density at radius 2 is 1.94 bits per heavy atom. The summed E-state index contributed by atoms with van der Waals surface area (Å²) in [5.41, 5.74) is 9.85. The molecule has 0 aliphatic carbocycles. The smallest absolute Gasteiger partial charge is 0.0236 e. The number of aryl methyl sites for hydroxylation is 2. The lowest BCUT2D eigenvalue weighted by Gasteiger charge is -2.24. The summed E-state index contributed by atoms with van der Waals surface area (Å²) >= 11 is 0. The lowest BCUT2D eigenvalue weighted by Crippen LogP contribution is -2.29. The molecule has 0 bridgehead atoms. The van der Waals surface area contributed by atoms with Crippen LogP contribution in [-0.4, -0.2) is 24.0 Å². The molecule has 1 aromatic carbocycles. The van der Waals surface area contributed by atoms with Crippen molar-refractivity contribution in [1.29, 1.82) is 0 Å². The lowest BCUT2D eigenvalue weighted by molar-refractivity contribution is 0.232. The van der Waals surface area contributed by atoms with Gasteiger partial charge in [-0.2, -0.15) is 0 Å². The minimum atomic E-state index is 0.759. The maximum absolute atomic E-state index is 5.63. The summed E-state index contributed by atoms with van der Waals surface area (Å²) in [6.45, 7) is 7.56. The fourth-order valence-electron chi connectivity index (χ4n) is 3.18. The molecule has 1 saturated heterocycles. The average molecular weight is 246 g/mol. The molecule has 0 spiro atoms. The molecular formula is C16H26N2. The van der Waals surface area contributed by atoms with Crippen molar-refractivity contribution < 1.29 is 0 Å². The zero-order chi connectivity index (χ0) is 13.0. The van der Waals surface area contributed by atoms with Gasteiger partial charge in [0.1, 0.15) is 0 Å². The van der Waals surface area contributed by atoms with E-state index in [1.54, 1.807) is 0 Å². The molecule has 2 nitrogen and oxygen atoms in total. The Hall–Kier alpha value is -0.860. The summed E-state index contributed by atoms with van der Waals surface area (Å²) in [6.07, 6.45) is 5.13. The highest BCUT2D eigenvalue weighted by molar-refractivity contribution is 5.28. The van der Waals surface area contributed by atoms with E-state index >= 15 is 0 Å². The molecule has 1 fully saturated rings. The van der Waals surface area contributed by atoms with Crippen molar-refractivity contribution in [2.45, 2.75) is 52.1 Å². The number of hydrogen-bond donors (Lipinski definition) is 1. The van der Waals surface area contributed by atoms with Crippen LogP contribution in [0.3, 0.4) is 0 Å². The van der Waals surface area contributed by atoms with E-state index in [0.29, 0.717) is 0 Å². The summed E-state index contributed by atoms with van der Waals surface area (Å²) in [7, 11) is 0. The first-order chi connectivity index (χ1) is 8.69. The molecule has 1 aromatic rings. The first-order valence-corrected chi connectivity index (χ1v) is 7.20. The highest BCUT2D eigenvalue weighted by Gasteiger charge is 2.23. The second kappa shape index (κ2) is 6.35. The molecule has 0 radical (unpaired) electrons. The number of nitrogens with two attached hydrogens (primary N) is 1. The normalized spacial score (nSPS) is 20.5. The molecular weight excluding hydrogens is 220 g/mol. The van der Waals surface area contributed by atoms with Gasteiger partial charge in [0.25, 0.3) is 0 Å². The van der Waals surface area contributed by atoms with Gasteiger partial charge in [-0.25, -0.2) is 0 Å². The Balaban J connectivity index is 1.98. The van der Waals surface area contributed by atoms with Gasteiger partial charge in [-0.1, -0.05) is 29.3 Å². The minimum Gasteiger partial charge on any atom is -0.330 e. The first-order valence-electron chi connectivity index (χ1n) is 7.20. The summed E-state index contributed by atoms with van der Waals surface area (Å²) in [6, 6.07) is 7.66. The third-order valence-corrected chi connectivity index (χ3v) is 3.91. The van der Waals surface area contributed by atoms with Crippen LogP contribution in [0.25, 0.3) is 0 Å². The van der Waals surface area contributed by atoms with Gasteiger partial charge in [0.15, 0.2) is 0 Å². The fourth-order valence-corrected chi connectivity index (χ4v) is 3.18. The van der Waals surface area contributed by atoms with Gasteiger partial charge < -0.3 is 5.73 Å². The molecule has 1 aliphatic rings. The molecule has 0 amide bonds. The Bertz CT molecular complexity index is 366. The highest BCUT2D eigenvalue weighted by Crippen LogP contribution is 2.24. The molecule has 2 N–H and O–H groups in total. The topological polar surface area (TPSA) is 29.3 Å². The van der Waals surface area contributed by atoms with Gasteiger partial charge >= 0.3 is 0 Å². The molecule has 1 unspecified atom stereocenters. The monoisotopic (exact) mass is 246 g/mol. The van der Waals surface area contributed by atoms with E-state index < -0.39 is 0 Å². The third kappa shape index (κ3) is 3.56. The van der Waals surface area contributed by atoms with E-state index in [1.807, 2.05) is 0 Å². The van der Waals surface area contributed by atoms with Crippen molar-refractivity contribution in [1.82, 2.24) is 4.90 Å². The number of nitrogens with zero attached hydrogens (tertiary/aromatic N) is 1. The molecule has 1 atom stereocenters. The van der Waals surface area contributed by atoms with Crippen LogP contribution in [0.1, 0.15) is 42.4 Å². The van der Waals surface area contributed by atoms with Gasteiger partial charge in [0, 0.05) is 12.6 Å². The SMILES string of the molecule is Cc1cc(C)cc(CN2CCCC2CCCN)c1. The Morgan fingerprint density at radius 3 is 2.61 bits per heavy atom. The van der Waals surface area contributed by atoms with Crippen molar-refractivity contribution in [2.24, 2.45) is 5.73 Å². The van der Waals surface area contributed by atoms with Gasteiger partial charge in [-0.05, 0) is 58.2 Å².